The number of methoxy groups -OCH3 is 1. The number of carbonyl (C=O) groups excluding carboxylic acids is 1. The van der Waals surface area contributed by atoms with Crippen molar-refractivity contribution in [2.75, 3.05) is 40.0 Å². The minimum atomic E-state index is -0.0599. The minimum Gasteiger partial charge on any atom is -0.383 e. The Morgan fingerprint density at radius 3 is 2.79 bits per heavy atom. The number of amides is 1. The Labute approximate surface area is 121 Å². The van der Waals surface area contributed by atoms with Crippen molar-refractivity contribution in [1.29, 1.82) is 0 Å². The van der Waals surface area contributed by atoms with Crippen LogP contribution in [-0.4, -0.2) is 51.5 Å². The van der Waals surface area contributed by atoms with Gasteiger partial charge >= 0.3 is 0 Å². The first-order chi connectivity index (χ1) is 8.76. The molecular weight excluding hydrogens is 268 g/mol. The van der Waals surface area contributed by atoms with Crippen LogP contribution in [0.3, 0.4) is 0 Å². The maximum Gasteiger partial charge on any atom is 0.223 e. The molecule has 19 heavy (non-hydrogen) atoms. The van der Waals surface area contributed by atoms with E-state index in [1.807, 2.05) is 0 Å². The van der Waals surface area contributed by atoms with Crippen LogP contribution in [0.15, 0.2) is 0 Å². The zero-order valence-corrected chi connectivity index (χ0v) is 12.4. The summed E-state index contributed by atoms with van der Waals surface area (Å²) in [4.78, 5) is 12.1. The number of hydrogen-bond donors (Lipinski definition) is 2. The summed E-state index contributed by atoms with van der Waals surface area (Å²) in [6, 6.07) is 0. The fourth-order valence-electron chi connectivity index (χ4n) is 2.83. The van der Waals surface area contributed by atoms with Crippen LogP contribution < -0.4 is 10.6 Å². The molecule has 2 saturated heterocycles. The van der Waals surface area contributed by atoms with Gasteiger partial charge in [0.15, 0.2) is 0 Å². The Morgan fingerprint density at radius 2 is 2.21 bits per heavy atom. The maximum absolute atomic E-state index is 12.1. The standard InChI is InChI=1S/C13H24N2O3.ClH/c1-17-10-13(5-2-6-15-13)9-14-12(16)11-3-7-18-8-4-11;/h11,15H,2-10H2,1H3,(H,14,16);1H. The average molecular weight is 293 g/mol. The lowest BCUT2D eigenvalue weighted by atomic mass is 9.96. The maximum atomic E-state index is 12.1. The second kappa shape index (κ2) is 8.04. The van der Waals surface area contributed by atoms with Gasteiger partial charge in [-0.3, -0.25) is 4.79 Å². The van der Waals surface area contributed by atoms with Gasteiger partial charge in [0.2, 0.25) is 5.91 Å². The summed E-state index contributed by atoms with van der Waals surface area (Å²) in [5.41, 5.74) is -0.0599. The molecule has 0 saturated carbocycles. The van der Waals surface area contributed by atoms with Crippen molar-refractivity contribution in [1.82, 2.24) is 10.6 Å². The van der Waals surface area contributed by atoms with E-state index in [4.69, 9.17) is 9.47 Å². The van der Waals surface area contributed by atoms with Gasteiger partial charge in [-0.1, -0.05) is 0 Å². The third-order valence-electron chi connectivity index (χ3n) is 3.95. The van der Waals surface area contributed by atoms with Crippen LogP contribution in [0.25, 0.3) is 0 Å². The predicted octanol–water partition coefficient (Wildman–Crippen LogP) is 0.720. The molecule has 1 amide bonds. The van der Waals surface area contributed by atoms with Crippen LogP contribution in [0, 0.1) is 5.92 Å². The highest BCUT2D eigenvalue weighted by Gasteiger charge is 2.34. The predicted molar refractivity (Wildman–Crippen MR) is 75.6 cm³/mol. The van der Waals surface area contributed by atoms with E-state index >= 15 is 0 Å². The fraction of sp³-hybridized carbons (Fsp3) is 0.923. The van der Waals surface area contributed by atoms with Crippen LogP contribution in [0.2, 0.25) is 0 Å². The quantitative estimate of drug-likeness (QED) is 0.784. The van der Waals surface area contributed by atoms with Gasteiger partial charge in [0.1, 0.15) is 0 Å². The molecule has 1 atom stereocenters. The Bertz CT molecular complexity index is 277. The normalized spacial score (nSPS) is 27.8. The van der Waals surface area contributed by atoms with E-state index < -0.39 is 0 Å². The van der Waals surface area contributed by atoms with Crippen LogP contribution in [0.4, 0.5) is 0 Å². The molecule has 0 aliphatic carbocycles. The second-order valence-electron chi connectivity index (χ2n) is 5.35. The topological polar surface area (TPSA) is 59.6 Å². The lowest BCUT2D eigenvalue weighted by Gasteiger charge is -2.30. The van der Waals surface area contributed by atoms with Crippen molar-refractivity contribution < 1.29 is 14.3 Å². The van der Waals surface area contributed by atoms with E-state index in [1.54, 1.807) is 7.11 Å². The van der Waals surface area contributed by atoms with E-state index in [-0.39, 0.29) is 29.8 Å². The molecular formula is C13H25ClN2O3. The van der Waals surface area contributed by atoms with Crippen LogP contribution in [0.5, 0.6) is 0 Å². The molecule has 2 rings (SSSR count). The van der Waals surface area contributed by atoms with E-state index in [1.165, 1.54) is 0 Å². The lowest BCUT2D eigenvalue weighted by molar-refractivity contribution is -0.128. The first-order valence-corrected chi connectivity index (χ1v) is 6.85. The van der Waals surface area contributed by atoms with Crippen molar-refractivity contribution in [3.05, 3.63) is 0 Å². The molecule has 0 aromatic rings. The van der Waals surface area contributed by atoms with E-state index in [0.717, 1.165) is 32.2 Å². The summed E-state index contributed by atoms with van der Waals surface area (Å²) in [6.07, 6.45) is 3.90. The molecule has 0 aromatic heterocycles. The molecule has 0 bridgehead atoms. The molecule has 6 heteroatoms. The number of hydrogen-bond acceptors (Lipinski definition) is 4. The molecule has 0 aromatic carbocycles. The Kier molecular flexibility index (Phi) is 7.07. The highest BCUT2D eigenvalue weighted by atomic mass is 35.5. The molecule has 5 nitrogen and oxygen atoms in total. The number of ether oxygens (including phenoxy) is 2. The summed E-state index contributed by atoms with van der Waals surface area (Å²) >= 11 is 0. The van der Waals surface area contributed by atoms with Crippen molar-refractivity contribution in [3.8, 4) is 0 Å². The van der Waals surface area contributed by atoms with Gasteiger partial charge in [0.25, 0.3) is 0 Å². The smallest absolute Gasteiger partial charge is 0.223 e. The third-order valence-corrected chi connectivity index (χ3v) is 3.95. The second-order valence-corrected chi connectivity index (χ2v) is 5.35. The summed E-state index contributed by atoms with van der Waals surface area (Å²) in [6.45, 7) is 3.74. The van der Waals surface area contributed by atoms with Crippen LogP contribution in [0.1, 0.15) is 25.7 Å². The minimum absolute atomic E-state index is 0. The molecule has 2 aliphatic heterocycles. The largest absolute Gasteiger partial charge is 0.383 e. The third kappa shape index (κ3) is 4.60. The zero-order valence-electron chi connectivity index (χ0n) is 11.6. The summed E-state index contributed by atoms with van der Waals surface area (Å²) in [5.74, 6) is 0.294. The SMILES string of the molecule is COCC1(CNC(=O)C2CCOCC2)CCCN1.Cl. The average Bonchev–Trinajstić information content (AvgIpc) is 2.87. The van der Waals surface area contributed by atoms with Crippen LogP contribution in [-0.2, 0) is 14.3 Å². The molecule has 112 valence electrons. The Morgan fingerprint density at radius 1 is 1.47 bits per heavy atom. The highest BCUT2D eigenvalue weighted by Crippen LogP contribution is 2.20. The van der Waals surface area contributed by atoms with Gasteiger partial charge in [-0.05, 0) is 32.2 Å². The van der Waals surface area contributed by atoms with Gasteiger partial charge < -0.3 is 20.1 Å². The molecule has 2 aliphatic rings. The molecule has 0 radical (unpaired) electrons. The molecule has 2 N–H and O–H groups in total. The zero-order chi connectivity index (χ0) is 12.8. The van der Waals surface area contributed by atoms with Crippen molar-refractivity contribution in [2.24, 2.45) is 5.92 Å². The van der Waals surface area contributed by atoms with Gasteiger partial charge in [-0.15, -0.1) is 12.4 Å². The molecule has 0 spiro atoms. The van der Waals surface area contributed by atoms with Crippen molar-refractivity contribution >= 4 is 18.3 Å². The van der Waals surface area contributed by atoms with Crippen LogP contribution >= 0.6 is 12.4 Å². The number of rotatable bonds is 5. The Hall–Kier alpha value is -0.360. The first kappa shape index (κ1) is 16.7. The number of carbonyl (C=O) groups is 1. The summed E-state index contributed by atoms with van der Waals surface area (Å²) < 4.78 is 10.5. The van der Waals surface area contributed by atoms with Gasteiger partial charge in [0, 0.05) is 32.8 Å². The number of nitrogens with one attached hydrogen (secondary N) is 2. The van der Waals surface area contributed by atoms with Gasteiger partial charge in [-0.2, -0.15) is 0 Å². The Balaban J connectivity index is 0.00000180. The first-order valence-electron chi connectivity index (χ1n) is 6.85. The highest BCUT2D eigenvalue weighted by molar-refractivity contribution is 5.85. The van der Waals surface area contributed by atoms with Crippen molar-refractivity contribution in [3.63, 3.8) is 0 Å². The summed E-state index contributed by atoms with van der Waals surface area (Å²) in [5, 5.41) is 6.55. The van der Waals surface area contributed by atoms with Crippen molar-refractivity contribution in [2.45, 2.75) is 31.2 Å². The summed E-state index contributed by atoms with van der Waals surface area (Å²) in [7, 11) is 1.71. The molecule has 2 fully saturated rings. The monoisotopic (exact) mass is 292 g/mol. The van der Waals surface area contributed by atoms with E-state index in [2.05, 4.69) is 10.6 Å². The fourth-order valence-corrected chi connectivity index (χ4v) is 2.83. The molecule has 2 heterocycles. The van der Waals surface area contributed by atoms with E-state index in [9.17, 15) is 4.79 Å². The number of halogens is 1. The van der Waals surface area contributed by atoms with Gasteiger partial charge in [-0.25, -0.2) is 0 Å². The lowest BCUT2D eigenvalue weighted by Crippen LogP contribution is -2.53. The van der Waals surface area contributed by atoms with Gasteiger partial charge in [0.05, 0.1) is 12.1 Å². The van der Waals surface area contributed by atoms with E-state index in [0.29, 0.717) is 26.4 Å². The molecule has 1 unspecified atom stereocenters.